The lowest BCUT2D eigenvalue weighted by Gasteiger charge is -2.17. The van der Waals surface area contributed by atoms with Crippen LogP contribution in [0, 0.1) is 0 Å². The van der Waals surface area contributed by atoms with Crippen molar-refractivity contribution in [2.45, 2.75) is 38.1 Å². The Labute approximate surface area is 139 Å². The smallest absolute Gasteiger partial charge is 0.249 e. The van der Waals surface area contributed by atoms with Crippen LogP contribution in [0.2, 0.25) is 0 Å². The Kier molecular flexibility index (Phi) is 5.20. The topological polar surface area (TPSA) is 46.9 Å². The highest BCUT2D eigenvalue weighted by atomic mass is 32.2. The number of amides is 1. The molecule has 1 unspecified atom stereocenters. The Morgan fingerprint density at radius 3 is 2.91 bits per heavy atom. The second-order valence-corrected chi connectivity index (χ2v) is 7.58. The average molecular weight is 335 g/mol. The van der Waals surface area contributed by atoms with Crippen molar-refractivity contribution >= 4 is 34.1 Å². The van der Waals surface area contributed by atoms with E-state index in [2.05, 4.69) is 16.6 Å². The van der Waals surface area contributed by atoms with Gasteiger partial charge in [0, 0.05) is 17.3 Å². The number of hydrogen-bond acceptors (Lipinski definition) is 4. The molecule has 0 radical (unpaired) electrons. The summed E-state index contributed by atoms with van der Waals surface area (Å²) in [5, 5.41) is 3.80. The summed E-state index contributed by atoms with van der Waals surface area (Å²) >= 11 is 3.41. The van der Waals surface area contributed by atoms with Crippen molar-refractivity contribution in [1.29, 1.82) is 0 Å². The van der Waals surface area contributed by atoms with E-state index < -0.39 is 0 Å². The number of nitrogens with one attached hydrogen (secondary N) is 1. The van der Waals surface area contributed by atoms with Crippen LogP contribution in [0.5, 0.6) is 0 Å². The van der Waals surface area contributed by atoms with Crippen LogP contribution in [-0.2, 0) is 17.6 Å². The molecule has 1 amide bonds. The quantitative estimate of drug-likeness (QED) is 0.874. The molecule has 1 N–H and O–H groups in total. The van der Waals surface area contributed by atoms with Crippen molar-refractivity contribution in [2.24, 2.45) is 0 Å². The van der Waals surface area contributed by atoms with E-state index in [4.69, 9.17) is 0 Å². The molecule has 2 aromatic heterocycles. The van der Waals surface area contributed by atoms with Crippen molar-refractivity contribution in [3.63, 3.8) is 0 Å². The zero-order valence-electron chi connectivity index (χ0n) is 12.7. The van der Waals surface area contributed by atoms with E-state index in [9.17, 15) is 4.79 Å². The first-order valence-electron chi connectivity index (χ1n) is 7.69. The summed E-state index contributed by atoms with van der Waals surface area (Å²) in [5.41, 5.74) is 1.19. The minimum absolute atomic E-state index is 0.0383. The maximum atomic E-state index is 12.7. The van der Waals surface area contributed by atoms with Gasteiger partial charge in [-0.25, -0.2) is 4.98 Å². The molecule has 22 heavy (non-hydrogen) atoms. The summed E-state index contributed by atoms with van der Waals surface area (Å²) in [6.07, 6.45) is 11.4. The Morgan fingerprint density at radius 1 is 1.41 bits per heavy atom. The van der Waals surface area contributed by atoms with Crippen molar-refractivity contribution < 1.29 is 4.79 Å². The summed E-state index contributed by atoms with van der Waals surface area (Å²) in [5.74, 6) is 1.00. The van der Waals surface area contributed by atoms with Crippen LogP contribution in [0.4, 0.5) is 5.13 Å². The van der Waals surface area contributed by atoms with E-state index in [0.29, 0.717) is 0 Å². The van der Waals surface area contributed by atoms with E-state index in [1.165, 1.54) is 23.4 Å². The Morgan fingerprint density at radius 2 is 2.18 bits per heavy atom. The molecule has 1 aliphatic carbocycles. The number of nitrogens with zero attached hydrogens (tertiary/aromatic N) is 2. The first kappa shape index (κ1) is 15.6. The van der Waals surface area contributed by atoms with E-state index in [0.717, 1.165) is 30.1 Å². The highest BCUT2D eigenvalue weighted by Gasteiger charge is 2.22. The molecule has 0 saturated heterocycles. The van der Waals surface area contributed by atoms with Gasteiger partial charge >= 0.3 is 0 Å². The van der Waals surface area contributed by atoms with Crippen LogP contribution in [0.1, 0.15) is 35.9 Å². The third-order valence-corrected chi connectivity index (χ3v) is 5.68. The maximum absolute atomic E-state index is 12.7. The van der Waals surface area contributed by atoms with Crippen LogP contribution in [-0.4, -0.2) is 27.5 Å². The van der Waals surface area contributed by atoms with Crippen molar-refractivity contribution in [3.8, 4) is 0 Å². The predicted octanol–water partition coefficient (Wildman–Crippen LogP) is 3.76. The number of carbonyl (C=O) groups is 1. The van der Waals surface area contributed by atoms with Crippen molar-refractivity contribution in [3.05, 3.63) is 35.1 Å². The highest BCUT2D eigenvalue weighted by molar-refractivity contribution is 7.98. The van der Waals surface area contributed by atoms with E-state index >= 15 is 0 Å². The Balaban J connectivity index is 1.71. The number of hydrogen-bond donors (Lipinski definition) is 1. The van der Waals surface area contributed by atoms with Gasteiger partial charge in [-0.1, -0.05) is 0 Å². The van der Waals surface area contributed by atoms with Crippen LogP contribution in [0.25, 0.3) is 0 Å². The molecule has 4 nitrogen and oxygen atoms in total. The minimum atomic E-state index is -0.164. The molecule has 1 atom stereocenters. The van der Waals surface area contributed by atoms with Gasteiger partial charge in [-0.2, -0.15) is 11.8 Å². The van der Waals surface area contributed by atoms with Gasteiger partial charge in [-0.05, 0) is 56.2 Å². The third kappa shape index (κ3) is 3.55. The average Bonchev–Trinajstić information content (AvgIpc) is 3.16. The maximum Gasteiger partial charge on any atom is 0.249 e. The fraction of sp³-hybridized carbons (Fsp3) is 0.500. The molecular formula is C16H21N3OS2. The summed E-state index contributed by atoms with van der Waals surface area (Å²) < 4.78 is 1.99. The first-order chi connectivity index (χ1) is 10.8. The number of aryl methyl sites for hydroxylation is 2. The lowest BCUT2D eigenvalue weighted by atomic mass is 10.0. The van der Waals surface area contributed by atoms with E-state index in [-0.39, 0.29) is 11.9 Å². The molecule has 2 aromatic rings. The first-order valence-corrected chi connectivity index (χ1v) is 9.90. The molecule has 0 saturated carbocycles. The van der Waals surface area contributed by atoms with Gasteiger partial charge in [0.25, 0.3) is 0 Å². The monoisotopic (exact) mass is 335 g/mol. The van der Waals surface area contributed by atoms with Gasteiger partial charge in [0.2, 0.25) is 5.91 Å². The molecule has 118 valence electrons. The van der Waals surface area contributed by atoms with Gasteiger partial charge in [0.15, 0.2) is 5.13 Å². The molecule has 2 heterocycles. The summed E-state index contributed by atoms with van der Waals surface area (Å²) in [4.78, 5) is 18.6. The largest absolute Gasteiger partial charge is 0.342 e. The summed E-state index contributed by atoms with van der Waals surface area (Å²) in [6.45, 7) is 0. The van der Waals surface area contributed by atoms with Gasteiger partial charge in [-0.15, -0.1) is 11.3 Å². The lowest BCUT2D eigenvalue weighted by molar-refractivity contribution is -0.119. The minimum Gasteiger partial charge on any atom is -0.342 e. The van der Waals surface area contributed by atoms with E-state index in [1.54, 1.807) is 23.1 Å². The molecule has 3 rings (SSSR count). The normalized spacial score (nSPS) is 15.3. The number of anilines is 1. The van der Waals surface area contributed by atoms with Gasteiger partial charge < -0.3 is 9.88 Å². The molecule has 0 spiro atoms. The molecule has 0 aliphatic heterocycles. The summed E-state index contributed by atoms with van der Waals surface area (Å²) in [6, 6.07) is 3.76. The predicted molar refractivity (Wildman–Crippen MR) is 93.9 cm³/mol. The second-order valence-electron chi connectivity index (χ2n) is 5.51. The number of fused-ring (bicyclic) bond motifs is 1. The van der Waals surface area contributed by atoms with Crippen molar-refractivity contribution in [1.82, 2.24) is 9.55 Å². The summed E-state index contributed by atoms with van der Waals surface area (Å²) in [7, 11) is 0. The van der Waals surface area contributed by atoms with Gasteiger partial charge in [0.05, 0.1) is 5.69 Å². The fourth-order valence-corrected chi connectivity index (χ4v) is 4.31. The second kappa shape index (κ2) is 7.33. The van der Waals surface area contributed by atoms with Crippen LogP contribution in [0.15, 0.2) is 24.5 Å². The Hall–Kier alpha value is -1.27. The number of thioether (sulfide) groups is 1. The van der Waals surface area contributed by atoms with Crippen LogP contribution in [0.3, 0.4) is 0 Å². The fourth-order valence-electron chi connectivity index (χ4n) is 2.79. The van der Waals surface area contributed by atoms with Gasteiger partial charge in [-0.3, -0.25) is 4.79 Å². The number of carbonyl (C=O) groups excluding carboxylic acids is 1. The molecule has 0 fully saturated rings. The van der Waals surface area contributed by atoms with E-state index in [1.807, 2.05) is 29.1 Å². The highest BCUT2D eigenvalue weighted by Crippen LogP contribution is 2.30. The lowest BCUT2D eigenvalue weighted by Crippen LogP contribution is -2.25. The Bertz CT molecular complexity index is 598. The van der Waals surface area contributed by atoms with Crippen molar-refractivity contribution in [2.75, 3.05) is 17.3 Å². The number of thiazole rings is 1. The van der Waals surface area contributed by atoms with Gasteiger partial charge in [0.1, 0.15) is 6.04 Å². The zero-order chi connectivity index (χ0) is 15.4. The van der Waals surface area contributed by atoms with Crippen LogP contribution >= 0.6 is 23.1 Å². The SMILES string of the molecule is CSCCC(C(=O)Nc1nc2c(s1)CCCC2)n1cccc1. The molecule has 0 aromatic carbocycles. The molecule has 1 aliphatic rings. The number of aromatic nitrogens is 2. The zero-order valence-corrected chi connectivity index (χ0v) is 14.4. The molecule has 0 bridgehead atoms. The molecular weight excluding hydrogens is 314 g/mol. The molecule has 6 heteroatoms. The third-order valence-electron chi connectivity index (χ3n) is 3.96. The standard InChI is InChI=1S/C16H21N3OS2/c1-21-11-8-13(19-9-4-5-10-19)15(20)18-16-17-12-6-2-3-7-14(12)22-16/h4-5,9-10,13H,2-3,6-8,11H2,1H3,(H,17,18,20). The number of rotatable bonds is 6. The van der Waals surface area contributed by atoms with Crippen LogP contribution < -0.4 is 5.32 Å².